The molecule has 0 amide bonds. The normalized spacial score (nSPS) is 14.6. The Labute approximate surface area is 378 Å². The van der Waals surface area contributed by atoms with Gasteiger partial charge in [0.05, 0.1) is 27.8 Å². The van der Waals surface area contributed by atoms with E-state index >= 15 is 0 Å². The summed E-state index contributed by atoms with van der Waals surface area (Å²) in [6.45, 7) is 6.54. The van der Waals surface area contributed by atoms with E-state index in [1.165, 1.54) is 60.2 Å². The third-order valence-electron chi connectivity index (χ3n) is 13.6. The average Bonchev–Trinajstić information content (AvgIpc) is 4.02. The summed E-state index contributed by atoms with van der Waals surface area (Å²) < 4.78 is 11.5. The van der Waals surface area contributed by atoms with Crippen LogP contribution in [0.4, 0.5) is 0 Å². The molecule has 1 N–H and O–H groups in total. The minimum atomic E-state index is -0.747. The van der Waals surface area contributed by atoms with E-state index in [1.807, 2.05) is 0 Å². The van der Waals surface area contributed by atoms with Crippen LogP contribution in [0.15, 0.2) is 210 Å². The highest BCUT2D eigenvalue weighted by molar-refractivity contribution is 6.18. The minimum absolute atomic E-state index is 0.0430. The molecule has 8 aromatic carbocycles. The number of hydrogen-bond donors (Lipinski definition) is 1. The first-order valence-corrected chi connectivity index (χ1v) is 22.8. The van der Waals surface area contributed by atoms with Crippen LogP contribution < -0.4 is 5.32 Å². The van der Waals surface area contributed by atoms with E-state index in [4.69, 9.17) is 9.41 Å². The van der Waals surface area contributed by atoms with Crippen LogP contribution in [0, 0.1) is 0 Å². The average molecular weight is 841 g/mol. The molecule has 1 aliphatic rings. The lowest BCUT2D eigenvalue weighted by molar-refractivity contribution is 0.341. The van der Waals surface area contributed by atoms with Crippen molar-refractivity contribution in [2.45, 2.75) is 45.3 Å². The Balaban J connectivity index is 1.00. The lowest BCUT2D eigenvalue weighted by Gasteiger charge is -2.32. The molecule has 0 fully saturated rings. The first-order chi connectivity index (χ1) is 31.9. The topological polar surface area (TPSA) is 47.4 Å². The lowest BCUT2D eigenvalue weighted by atomic mass is 9.97. The molecule has 1 aliphatic carbocycles. The van der Waals surface area contributed by atoms with Gasteiger partial charge in [0.15, 0.2) is 5.76 Å². The van der Waals surface area contributed by atoms with E-state index in [0.29, 0.717) is 0 Å². The first-order valence-electron chi connectivity index (χ1n) is 22.8. The van der Waals surface area contributed by atoms with Crippen LogP contribution in [0.3, 0.4) is 0 Å². The fourth-order valence-electron chi connectivity index (χ4n) is 10.6. The summed E-state index contributed by atoms with van der Waals surface area (Å²) in [7, 11) is 0. The van der Waals surface area contributed by atoms with E-state index in [1.54, 1.807) is 0 Å². The van der Waals surface area contributed by atoms with Crippen LogP contribution in [-0.4, -0.2) is 14.8 Å². The molecule has 11 aromatic rings. The minimum Gasteiger partial charge on any atom is -0.454 e. The molecule has 2 atom stereocenters. The van der Waals surface area contributed by atoms with Gasteiger partial charge in [0, 0.05) is 49.9 Å². The van der Waals surface area contributed by atoms with Crippen LogP contribution in [0.1, 0.15) is 61.2 Å². The molecular formula is C60H48N4O. The van der Waals surface area contributed by atoms with Crippen molar-refractivity contribution in [2.24, 2.45) is 4.99 Å². The Morgan fingerprint density at radius 3 is 2.09 bits per heavy atom. The number of aryl methyl sites for hydroxylation is 1. The summed E-state index contributed by atoms with van der Waals surface area (Å²) in [5, 5.41) is 10.1. The Hall–Kier alpha value is -7.73. The molecule has 65 heavy (non-hydrogen) atoms. The third kappa shape index (κ3) is 6.45. The monoisotopic (exact) mass is 840 g/mol. The summed E-state index contributed by atoms with van der Waals surface area (Å²) in [6, 6.07) is 69.9. The third-order valence-corrected chi connectivity index (χ3v) is 13.6. The zero-order chi connectivity index (χ0) is 43.6. The van der Waals surface area contributed by atoms with Crippen molar-refractivity contribution in [1.29, 1.82) is 0 Å². The fraction of sp³-hybridized carbons (Fsp3) is 0.117. The predicted molar refractivity (Wildman–Crippen MR) is 271 cm³/mol. The Bertz CT molecular complexity index is 3680. The standard InChI is InChI=1S/C60H48N4O/c1-39(41-19-6-4-7-20-41)61-60(3,62-40(2)42-21-8-5-9-22-42)44-23-16-24-45(38-44)63-53-31-14-11-27-50(53)58-46(28-17-32-55(58)63)43-35-36-54-51(37-43)47-25-10-13-30-52(47)64(54)56-33-18-29-49-48-26-12-15-34-57(48)65-59(49)56/h4-17,19-28,30-39,61H,18,29H2,1-3H3/b62-40+. The maximum atomic E-state index is 6.64. The molecule has 0 saturated heterocycles. The molecule has 3 aromatic heterocycles. The number of furan rings is 1. The molecule has 0 radical (unpaired) electrons. The van der Waals surface area contributed by atoms with Crippen LogP contribution in [0.25, 0.3) is 77.1 Å². The molecule has 5 heteroatoms. The van der Waals surface area contributed by atoms with Gasteiger partial charge in [-0.15, -0.1) is 0 Å². The van der Waals surface area contributed by atoms with Crippen LogP contribution in [0.5, 0.6) is 0 Å². The number of aromatic nitrogens is 2. The van der Waals surface area contributed by atoms with Crippen molar-refractivity contribution >= 4 is 66.0 Å². The van der Waals surface area contributed by atoms with E-state index in [2.05, 4.69) is 235 Å². The fourth-order valence-corrected chi connectivity index (χ4v) is 10.6. The van der Waals surface area contributed by atoms with Crippen LogP contribution in [0.2, 0.25) is 0 Å². The number of nitrogens with zero attached hydrogens (tertiary/aromatic N) is 3. The van der Waals surface area contributed by atoms with Gasteiger partial charge in [-0.05, 0) is 110 Å². The van der Waals surface area contributed by atoms with Gasteiger partial charge in [0.2, 0.25) is 0 Å². The first kappa shape index (κ1) is 38.9. The molecule has 3 heterocycles. The predicted octanol–water partition coefficient (Wildman–Crippen LogP) is 15.2. The van der Waals surface area contributed by atoms with Crippen molar-refractivity contribution in [3.8, 4) is 16.8 Å². The van der Waals surface area contributed by atoms with Gasteiger partial charge in [0.1, 0.15) is 11.2 Å². The van der Waals surface area contributed by atoms with Gasteiger partial charge in [-0.25, -0.2) is 0 Å². The van der Waals surface area contributed by atoms with Crippen LogP contribution in [-0.2, 0) is 12.1 Å². The van der Waals surface area contributed by atoms with Gasteiger partial charge in [-0.1, -0.05) is 152 Å². The summed E-state index contributed by atoms with van der Waals surface area (Å²) in [4.78, 5) is 5.50. The molecule has 2 unspecified atom stereocenters. The number of nitrogens with one attached hydrogen (secondary N) is 1. The highest BCUT2D eigenvalue weighted by atomic mass is 16.3. The summed E-state index contributed by atoms with van der Waals surface area (Å²) in [6.07, 6.45) is 4.30. The van der Waals surface area contributed by atoms with Crippen molar-refractivity contribution in [3.63, 3.8) is 0 Å². The van der Waals surface area contributed by atoms with Crippen molar-refractivity contribution in [3.05, 3.63) is 228 Å². The largest absolute Gasteiger partial charge is 0.454 e. The summed E-state index contributed by atoms with van der Waals surface area (Å²) >= 11 is 0. The van der Waals surface area contributed by atoms with Crippen molar-refractivity contribution < 1.29 is 4.42 Å². The maximum absolute atomic E-state index is 6.64. The van der Waals surface area contributed by atoms with E-state index in [9.17, 15) is 0 Å². The lowest BCUT2D eigenvalue weighted by Crippen LogP contribution is -2.40. The molecule has 0 spiro atoms. The Kier molecular flexibility index (Phi) is 9.28. The van der Waals surface area contributed by atoms with E-state index in [-0.39, 0.29) is 6.04 Å². The second-order valence-corrected chi connectivity index (χ2v) is 17.6. The number of allylic oxidation sites excluding steroid dienone is 1. The van der Waals surface area contributed by atoms with E-state index < -0.39 is 5.66 Å². The van der Waals surface area contributed by atoms with Gasteiger partial charge in [-0.3, -0.25) is 10.3 Å². The van der Waals surface area contributed by atoms with Crippen LogP contribution >= 0.6 is 0 Å². The second kappa shape index (κ2) is 15.5. The Morgan fingerprint density at radius 2 is 1.28 bits per heavy atom. The molecule has 0 bridgehead atoms. The van der Waals surface area contributed by atoms with E-state index in [0.717, 1.165) is 63.4 Å². The van der Waals surface area contributed by atoms with Gasteiger partial charge in [-0.2, -0.15) is 0 Å². The Morgan fingerprint density at radius 1 is 0.615 bits per heavy atom. The van der Waals surface area contributed by atoms with Crippen molar-refractivity contribution in [2.75, 3.05) is 0 Å². The van der Waals surface area contributed by atoms with Gasteiger partial charge in [0.25, 0.3) is 0 Å². The smallest absolute Gasteiger partial charge is 0.155 e. The quantitative estimate of drug-likeness (QED) is 0.147. The number of benzene rings is 8. The van der Waals surface area contributed by atoms with Gasteiger partial charge < -0.3 is 13.6 Å². The molecule has 12 rings (SSSR count). The number of hydrogen-bond acceptors (Lipinski definition) is 3. The van der Waals surface area contributed by atoms with Crippen molar-refractivity contribution in [1.82, 2.24) is 14.5 Å². The highest BCUT2D eigenvalue weighted by Crippen LogP contribution is 2.44. The SMILES string of the molecule is C/C(=N\C(C)(NC(C)c1ccccc1)c1cccc(-n2c3ccccc3c3c(-c4ccc5c(c4)c4ccccc4n5C4=CCCc5c4oc4ccccc54)cccc32)c1)c1ccccc1. The number of para-hydroxylation sites is 3. The number of aliphatic imine (C=N–C) groups is 1. The summed E-state index contributed by atoms with van der Waals surface area (Å²) in [5.74, 6) is 0.978. The molecule has 5 nitrogen and oxygen atoms in total. The maximum Gasteiger partial charge on any atom is 0.155 e. The molecule has 0 aliphatic heterocycles. The molecule has 314 valence electrons. The summed E-state index contributed by atoms with van der Waals surface area (Å²) in [5.41, 5.74) is 15.1. The highest BCUT2D eigenvalue weighted by Gasteiger charge is 2.30. The molecule has 0 saturated carbocycles. The zero-order valence-electron chi connectivity index (χ0n) is 36.8. The molecular weight excluding hydrogens is 793 g/mol. The second-order valence-electron chi connectivity index (χ2n) is 17.6. The zero-order valence-corrected chi connectivity index (χ0v) is 36.8. The van der Waals surface area contributed by atoms with Gasteiger partial charge >= 0.3 is 0 Å². The number of fused-ring (bicyclic) bond motifs is 9. The number of rotatable bonds is 9.